The van der Waals surface area contributed by atoms with E-state index in [0.717, 1.165) is 49.4 Å². The van der Waals surface area contributed by atoms with E-state index in [1.54, 1.807) is 25.8 Å². The Balaban J connectivity index is 1.42. The van der Waals surface area contributed by atoms with E-state index in [9.17, 15) is 0 Å². The molecule has 0 amide bonds. The predicted octanol–water partition coefficient (Wildman–Crippen LogP) is 1.75. The first kappa shape index (κ1) is 15.7. The predicted molar refractivity (Wildman–Crippen MR) is 95.6 cm³/mol. The van der Waals surface area contributed by atoms with Crippen molar-refractivity contribution in [2.45, 2.75) is 6.54 Å². The van der Waals surface area contributed by atoms with Gasteiger partial charge in [-0.25, -0.2) is 15.0 Å². The molecule has 0 atom stereocenters. The van der Waals surface area contributed by atoms with E-state index in [0.29, 0.717) is 5.88 Å². The van der Waals surface area contributed by atoms with Gasteiger partial charge < -0.3 is 9.64 Å². The smallest absolute Gasteiger partial charge is 0.212 e. The molecule has 0 aromatic carbocycles. The van der Waals surface area contributed by atoms with Crippen LogP contribution in [-0.4, -0.2) is 58.1 Å². The van der Waals surface area contributed by atoms with E-state index in [1.165, 1.54) is 5.56 Å². The fourth-order valence-corrected chi connectivity index (χ4v) is 3.15. The van der Waals surface area contributed by atoms with E-state index in [-0.39, 0.29) is 0 Å². The van der Waals surface area contributed by atoms with Crippen LogP contribution in [0.4, 0.5) is 5.82 Å². The molecule has 1 aliphatic rings. The van der Waals surface area contributed by atoms with Gasteiger partial charge in [0, 0.05) is 56.6 Å². The number of hydrogen-bond acceptors (Lipinski definition) is 7. The molecular weight excluding hydrogens is 316 g/mol. The summed E-state index contributed by atoms with van der Waals surface area (Å²) in [5, 5.41) is 1.06. The zero-order chi connectivity index (χ0) is 17.1. The fraction of sp³-hybridized carbons (Fsp3) is 0.333. The molecule has 0 N–H and O–H groups in total. The molecule has 3 aromatic heterocycles. The largest absolute Gasteiger partial charge is 0.481 e. The summed E-state index contributed by atoms with van der Waals surface area (Å²) in [7, 11) is 1.63. The van der Waals surface area contributed by atoms with Crippen molar-refractivity contribution in [2.75, 3.05) is 38.2 Å². The molecule has 0 saturated carbocycles. The molecule has 128 valence electrons. The first-order valence-electron chi connectivity index (χ1n) is 8.34. The van der Waals surface area contributed by atoms with Gasteiger partial charge in [0.2, 0.25) is 5.88 Å². The average Bonchev–Trinajstić information content (AvgIpc) is 2.69. The molecule has 0 aliphatic carbocycles. The van der Waals surface area contributed by atoms with Gasteiger partial charge in [0.25, 0.3) is 0 Å². The molecule has 0 spiro atoms. The van der Waals surface area contributed by atoms with E-state index >= 15 is 0 Å². The van der Waals surface area contributed by atoms with Crippen molar-refractivity contribution in [1.82, 2.24) is 24.8 Å². The van der Waals surface area contributed by atoms with E-state index in [2.05, 4.69) is 35.8 Å². The summed E-state index contributed by atoms with van der Waals surface area (Å²) < 4.78 is 5.11. The Kier molecular flexibility index (Phi) is 4.39. The summed E-state index contributed by atoms with van der Waals surface area (Å²) in [6.45, 7) is 4.76. The minimum absolute atomic E-state index is 0.652. The Morgan fingerprint density at radius 3 is 2.64 bits per heavy atom. The third-order valence-electron chi connectivity index (χ3n) is 4.50. The number of nitrogens with zero attached hydrogens (tertiary/aromatic N) is 6. The van der Waals surface area contributed by atoms with Crippen molar-refractivity contribution < 1.29 is 4.74 Å². The number of ether oxygens (including phenoxy) is 1. The third kappa shape index (κ3) is 3.36. The molecule has 7 nitrogen and oxygen atoms in total. The van der Waals surface area contributed by atoms with Crippen molar-refractivity contribution >= 4 is 16.7 Å². The van der Waals surface area contributed by atoms with Gasteiger partial charge in [-0.05, 0) is 11.6 Å². The number of piperazine rings is 1. The first-order valence-corrected chi connectivity index (χ1v) is 8.34. The summed E-state index contributed by atoms with van der Waals surface area (Å²) in [4.78, 5) is 22.0. The van der Waals surface area contributed by atoms with Crippen LogP contribution in [0.25, 0.3) is 10.9 Å². The van der Waals surface area contributed by atoms with Crippen molar-refractivity contribution in [3.63, 3.8) is 0 Å². The molecule has 4 rings (SSSR count). The summed E-state index contributed by atoms with van der Waals surface area (Å²) in [6.07, 6.45) is 7.08. The zero-order valence-electron chi connectivity index (χ0n) is 14.2. The quantitative estimate of drug-likeness (QED) is 0.719. The Morgan fingerprint density at radius 1 is 1.00 bits per heavy atom. The minimum atomic E-state index is 0.652. The second-order valence-electron chi connectivity index (χ2n) is 6.06. The molecule has 25 heavy (non-hydrogen) atoms. The number of rotatable bonds is 4. The van der Waals surface area contributed by atoms with Crippen LogP contribution < -0.4 is 9.64 Å². The molecule has 3 aromatic rings. The van der Waals surface area contributed by atoms with Crippen molar-refractivity contribution in [3.05, 3.63) is 48.7 Å². The second-order valence-corrected chi connectivity index (χ2v) is 6.06. The van der Waals surface area contributed by atoms with Crippen LogP contribution in [-0.2, 0) is 6.54 Å². The van der Waals surface area contributed by atoms with Crippen LogP contribution in [0.2, 0.25) is 0 Å². The Hall–Kier alpha value is -2.80. The van der Waals surface area contributed by atoms with Crippen LogP contribution in [0, 0.1) is 0 Å². The van der Waals surface area contributed by atoms with Crippen molar-refractivity contribution in [1.29, 1.82) is 0 Å². The van der Waals surface area contributed by atoms with E-state index in [4.69, 9.17) is 4.74 Å². The number of hydrogen-bond donors (Lipinski definition) is 0. The maximum absolute atomic E-state index is 5.11. The molecule has 0 bridgehead atoms. The highest BCUT2D eigenvalue weighted by atomic mass is 16.5. The summed E-state index contributed by atoms with van der Waals surface area (Å²) >= 11 is 0. The molecule has 1 fully saturated rings. The van der Waals surface area contributed by atoms with E-state index < -0.39 is 0 Å². The van der Waals surface area contributed by atoms with Gasteiger partial charge in [-0.15, -0.1) is 0 Å². The fourth-order valence-electron chi connectivity index (χ4n) is 3.15. The Labute approximate surface area is 146 Å². The number of anilines is 1. The SMILES string of the molecule is COc1ccc(CN2CCN(c3ncnc4cnccc34)CC2)cn1. The Morgan fingerprint density at radius 2 is 1.88 bits per heavy atom. The Bertz CT molecular complexity index is 840. The standard InChI is InChI=1S/C18H20N6O/c1-25-17-3-2-14(10-20-17)12-23-6-8-24(9-7-23)18-15-4-5-19-11-16(15)21-13-22-18/h2-5,10-11,13H,6-9,12H2,1H3. The van der Waals surface area contributed by atoms with Gasteiger partial charge in [-0.2, -0.15) is 0 Å². The van der Waals surface area contributed by atoms with E-state index in [1.807, 2.05) is 18.3 Å². The minimum Gasteiger partial charge on any atom is -0.481 e. The zero-order valence-corrected chi connectivity index (χ0v) is 14.2. The van der Waals surface area contributed by atoms with Crippen LogP contribution in [0.5, 0.6) is 5.88 Å². The van der Waals surface area contributed by atoms with Gasteiger partial charge in [-0.3, -0.25) is 9.88 Å². The third-order valence-corrected chi connectivity index (χ3v) is 4.50. The highest BCUT2D eigenvalue weighted by Gasteiger charge is 2.20. The molecular formula is C18H20N6O. The molecule has 0 unspecified atom stereocenters. The summed E-state index contributed by atoms with van der Waals surface area (Å²) in [5.41, 5.74) is 2.09. The highest BCUT2D eigenvalue weighted by Crippen LogP contribution is 2.23. The monoisotopic (exact) mass is 336 g/mol. The maximum Gasteiger partial charge on any atom is 0.212 e. The molecule has 0 radical (unpaired) electrons. The highest BCUT2D eigenvalue weighted by molar-refractivity contribution is 5.88. The van der Waals surface area contributed by atoms with Gasteiger partial charge in [0.05, 0.1) is 18.8 Å². The van der Waals surface area contributed by atoms with Gasteiger partial charge >= 0.3 is 0 Å². The lowest BCUT2D eigenvalue weighted by Crippen LogP contribution is -2.46. The van der Waals surface area contributed by atoms with Crippen molar-refractivity contribution in [3.8, 4) is 5.88 Å². The molecule has 1 aliphatic heterocycles. The summed E-state index contributed by atoms with van der Waals surface area (Å²) in [5.74, 6) is 1.65. The van der Waals surface area contributed by atoms with Gasteiger partial charge in [0.1, 0.15) is 12.1 Å². The molecule has 4 heterocycles. The lowest BCUT2D eigenvalue weighted by Gasteiger charge is -2.35. The van der Waals surface area contributed by atoms with Gasteiger partial charge in [-0.1, -0.05) is 6.07 Å². The number of pyridine rings is 2. The van der Waals surface area contributed by atoms with Crippen LogP contribution >= 0.6 is 0 Å². The average molecular weight is 336 g/mol. The number of fused-ring (bicyclic) bond motifs is 1. The number of methoxy groups -OCH3 is 1. The maximum atomic E-state index is 5.11. The van der Waals surface area contributed by atoms with Crippen LogP contribution in [0.1, 0.15) is 5.56 Å². The van der Waals surface area contributed by atoms with Gasteiger partial charge in [0.15, 0.2) is 0 Å². The lowest BCUT2D eigenvalue weighted by molar-refractivity contribution is 0.249. The summed E-state index contributed by atoms with van der Waals surface area (Å²) in [6, 6.07) is 5.97. The molecule has 7 heteroatoms. The van der Waals surface area contributed by atoms with Crippen molar-refractivity contribution in [2.24, 2.45) is 0 Å². The van der Waals surface area contributed by atoms with Crippen LogP contribution in [0.15, 0.2) is 43.1 Å². The number of aromatic nitrogens is 4. The lowest BCUT2D eigenvalue weighted by atomic mass is 10.2. The normalized spacial score (nSPS) is 15.5. The second kappa shape index (κ2) is 6.98. The topological polar surface area (TPSA) is 67.3 Å². The first-order chi connectivity index (χ1) is 12.3. The molecule has 1 saturated heterocycles. The van der Waals surface area contributed by atoms with Crippen LogP contribution in [0.3, 0.4) is 0 Å².